The number of nitrogens with one attached hydrogen (secondary N) is 1. The van der Waals surface area contributed by atoms with Crippen molar-refractivity contribution in [2.75, 3.05) is 24.9 Å². The van der Waals surface area contributed by atoms with Gasteiger partial charge in [-0.1, -0.05) is 0 Å². The van der Waals surface area contributed by atoms with Crippen molar-refractivity contribution >= 4 is 17.4 Å². The van der Waals surface area contributed by atoms with E-state index in [0.29, 0.717) is 12.5 Å². The third kappa shape index (κ3) is 3.64. The maximum Gasteiger partial charge on any atom is 0.148 e. The summed E-state index contributed by atoms with van der Waals surface area (Å²) < 4.78 is 5.04. The summed E-state index contributed by atoms with van der Waals surface area (Å²) in [6.45, 7) is 4.37. The summed E-state index contributed by atoms with van der Waals surface area (Å²) in [4.78, 5) is 8.57. The number of hydrogen-bond acceptors (Lipinski definition) is 4. The van der Waals surface area contributed by atoms with Crippen molar-refractivity contribution in [3.63, 3.8) is 0 Å². The fourth-order valence-corrected chi connectivity index (χ4v) is 1.36. The van der Waals surface area contributed by atoms with Gasteiger partial charge in [0.1, 0.15) is 5.82 Å². The normalized spacial score (nSPS) is 12.5. The topological polar surface area (TPSA) is 47.0 Å². The number of methoxy groups -OCH3 is 1. The van der Waals surface area contributed by atoms with E-state index in [1.165, 1.54) is 0 Å². The Morgan fingerprint density at radius 3 is 2.87 bits per heavy atom. The van der Waals surface area contributed by atoms with E-state index < -0.39 is 0 Å². The summed E-state index contributed by atoms with van der Waals surface area (Å²) in [6, 6.07) is 0.0615. The zero-order valence-corrected chi connectivity index (χ0v) is 10.0. The molecule has 1 unspecified atom stereocenters. The lowest BCUT2D eigenvalue weighted by atomic mass is 10.3. The zero-order chi connectivity index (χ0) is 11.3. The first-order valence-electron chi connectivity index (χ1n) is 4.79. The minimum absolute atomic E-state index is 0.0615. The summed E-state index contributed by atoms with van der Waals surface area (Å²) in [6.07, 6.45) is 1.74. The van der Waals surface area contributed by atoms with Crippen molar-refractivity contribution in [1.29, 1.82) is 0 Å². The van der Waals surface area contributed by atoms with Crippen molar-refractivity contribution < 1.29 is 4.74 Å². The highest BCUT2D eigenvalue weighted by molar-refractivity contribution is 6.18. The number of ether oxygens (including phenoxy) is 1. The van der Waals surface area contributed by atoms with Crippen molar-refractivity contribution in [3.8, 4) is 0 Å². The second-order valence-corrected chi connectivity index (χ2v) is 3.70. The number of aromatic nitrogens is 2. The zero-order valence-electron chi connectivity index (χ0n) is 9.25. The minimum atomic E-state index is 0.0615. The molecule has 0 aromatic carbocycles. The molecule has 0 aliphatic heterocycles. The Hall–Kier alpha value is -0.870. The third-order valence-electron chi connectivity index (χ3n) is 1.97. The van der Waals surface area contributed by atoms with Gasteiger partial charge in [0.15, 0.2) is 0 Å². The van der Waals surface area contributed by atoms with Crippen LogP contribution in [0.1, 0.15) is 11.4 Å². The number of rotatable bonds is 5. The highest BCUT2D eigenvalue weighted by Crippen LogP contribution is 2.10. The highest BCUT2D eigenvalue weighted by Gasteiger charge is 2.09. The number of aryl methyl sites for hydroxylation is 2. The second-order valence-electron chi connectivity index (χ2n) is 3.40. The monoisotopic (exact) mass is 229 g/mol. The van der Waals surface area contributed by atoms with Crippen molar-refractivity contribution in [2.24, 2.45) is 0 Å². The number of alkyl halides is 1. The molecule has 0 saturated heterocycles. The second kappa shape index (κ2) is 5.88. The molecule has 15 heavy (non-hydrogen) atoms. The van der Waals surface area contributed by atoms with Crippen LogP contribution < -0.4 is 5.32 Å². The highest BCUT2D eigenvalue weighted by atomic mass is 35.5. The molecule has 4 nitrogen and oxygen atoms in total. The van der Waals surface area contributed by atoms with E-state index in [-0.39, 0.29) is 6.04 Å². The van der Waals surface area contributed by atoms with Crippen LogP contribution in [0.15, 0.2) is 6.20 Å². The summed E-state index contributed by atoms with van der Waals surface area (Å²) >= 11 is 5.80. The molecule has 5 heteroatoms. The fraction of sp³-hybridized carbons (Fsp3) is 0.600. The van der Waals surface area contributed by atoms with Gasteiger partial charge in [0.2, 0.25) is 0 Å². The Labute approximate surface area is 95.0 Å². The molecule has 0 aliphatic carbocycles. The number of nitrogens with zero attached hydrogens (tertiary/aromatic N) is 2. The van der Waals surface area contributed by atoms with E-state index in [1.54, 1.807) is 13.3 Å². The van der Waals surface area contributed by atoms with E-state index in [2.05, 4.69) is 15.3 Å². The Morgan fingerprint density at radius 1 is 1.53 bits per heavy atom. The molecule has 0 amide bonds. The van der Waals surface area contributed by atoms with Crippen LogP contribution >= 0.6 is 11.6 Å². The van der Waals surface area contributed by atoms with Gasteiger partial charge in [0.25, 0.3) is 0 Å². The molecule has 0 bridgehead atoms. The molecule has 1 N–H and O–H groups in total. The van der Waals surface area contributed by atoms with Gasteiger partial charge in [-0.25, -0.2) is 4.98 Å². The molecule has 0 fully saturated rings. The maximum atomic E-state index is 5.80. The van der Waals surface area contributed by atoms with Crippen LogP contribution in [0, 0.1) is 13.8 Å². The van der Waals surface area contributed by atoms with Crippen LogP contribution in [0.4, 0.5) is 5.82 Å². The van der Waals surface area contributed by atoms with Crippen molar-refractivity contribution in [1.82, 2.24) is 9.97 Å². The van der Waals surface area contributed by atoms with E-state index in [0.717, 1.165) is 17.2 Å². The molecular weight excluding hydrogens is 214 g/mol. The predicted octanol–water partition coefficient (Wildman–Crippen LogP) is 1.76. The lowest BCUT2D eigenvalue weighted by molar-refractivity contribution is 0.191. The molecule has 1 rings (SSSR count). The van der Waals surface area contributed by atoms with Gasteiger partial charge in [-0.2, -0.15) is 0 Å². The Bertz CT molecular complexity index is 320. The van der Waals surface area contributed by atoms with Crippen LogP contribution in [-0.4, -0.2) is 35.6 Å². The first-order valence-corrected chi connectivity index (χ1v) is 5.32. The molecule has 0 aliphatic rings. The summed E-state index contributed by atoms with van der Waals surface area (Å²) in [5, 5.41) is 3.21. The first kappa shape index (κ1) is 12.2. The summed E-state index contributed by atoms with van der Waals surface area (Å²) in [7, 11) is 1.65. The van der Waals surface area contributed by atoms with Crippen LogP contribution in [-0.2, 0) is 4.74 Å². The van der Waals surface area contributed by atoms with Gasteiger partial charge >= 0.3 is 0 Å². The van der Waals surface area contributed by atoms with Crippen molar-refractivity contribution in [2.45, 2.75) is 19.9 Å². The Balaban J connectivity index is 2.73. The van der Waals surface area contributed by atoms with Gasteiger partial charge in [-0.3, -0.25) is 4.98 Å². The van der Waals surface area contributed by atoms with E-state index in [9.17, 15) is 0 Å². The lowest BCUT2D eigenvalue weighted by Crippen LogP contribution is -2.27. The predicted molar refractivity (Wildman–Crippen MR) is 61.5 cm³/mol. The molecule has 1 heterocycles. The molecule has 1 aromatic rings. The molecule has 84 valence electrons. The lowest BCUT2D eigenvalue weighted by Gasteiger charge is -2.16. The molecule has 0 spiro atoms. The van der Waals surface area contributed by atoms with Gasteiger partial charge < -0.3 is 10.1 Å². The number of anilines is 1. The van der Waals surface area contributed by atoms with E-state index >= 15 is 0 Å². The van der Waals surface area contributed by atoms with Crippen LogP contribution in [0.2, 0.25) is 0 Å². The first-order chi connectivity index (χ1) is 7.17. The molecule has 1 atom stereocenters. The number of hydrogen-bond donors (Lipinski definition) is 1. The van der Waals surface area contributed by atoms with Crippen LogP contribution in [0.3, 0.4) is 0 Å². The van der Waals surface area contributed by atoms with Crippen molar-refractivity contribution in [3.05, 3.63) is 17.6 Å². The molecule has 0 radical (unpaired) electrons. The molecule has 0 saturated carbocycles. The standard InChI is InChI=1S/C10H16ClN3O/c1-7-5-12-8(2)10(13-7)14-9(4-11)6-15-3/h5,9H,4,6H2,1-3H3,(H,13,14). The Kier molecular flexibility index (Phi) is 4.78. The maximum absolute atomic E-state index is 5.80. The Morgan fingerprint density at radius 2 is 2.27 bits per heavy atom. The average molecular weight is 230 g/mol. The largest absolute Gasteiger partial charge is 0.383 e. The quantitative estimate of drug-likeness (QED) is 0.782. The van der Waals surface area contributed by atoms with E-state index in [1.807, 2.05) is 13.8 Å². The van der Waals surface area contributed by atoms with Gasteiger partial charge in [-0.05, 0) is 13.8 Å². The fourth-order valence-electron chi connectivity index (χ4n) is 1.19. The third-order valence-corrected chi connectivity index (χ3v) is 2.34. The number of halogens is 1. The van der Waals surface area contributed by atoms with Gasteiger partial charge in [0.05, 0.1) is 24.0 Å². The minimum Gasteiger partial charge on any atom is -0.383 e. The van der Waals surface area contributed by atoms with Crippen LogP contribution in [0.25, 0.3) is 0 Å². The SMILES string of the molecule is COCC(CCl)Nc1nc(C)cnc1C. The van der Waals surface area contributed by atoms with E-state index in [4.69, 9.17) is 16.3 Å². The molecular formula is C10H16ClN3O. The van der Waals surface area contributed by atoms with Gasteiger partial charge in [0, 0.05) is 19.2 Å². The average Bonchev–Trinajstić information content (AvgIpc) is 2.22. The van der Waals surface area contributed by atoms with Crippen LogP contribution in [0.5, 0.6) is 0 Å². The summed E-state index contributed by atoms with van der Waals surface area (Å²) in [5.41, 5.74) is 1.75. The molecule has 1 aromatic heterocycles. The summed E-state index contributed by atoms with van der Waals surface area (Å²) in [5.74, 6) is 1.25. The smallest absolute Gasteiger partial charge is 0.148 e. The van der Waals surface area contributed by atoms with Gasteiger partial charge in [-0.15, -0.1) is 11.6 Å².